The van der Waals surface area contributed by atoms with Crippen molar-refractivity contribution in [3.63, 3.8) is 0 Å². The molecule has 1 saturated carbocycles. The van der Waals surface area contributed by atoms with Crippen molar-refractivity contribution in [2.75, 3.05) is 5.73 Å². The Labute approximate surface area is 185 Å². The molecule has 4 rings (SSSR count). The molecule has 1 fully saturated rings. The first-order valence-electron chi connectivity index (χ1n) is 11.4. The molecule has 6 nitrogen and oxygen atoms in total. The highest BCUT2D eigenvalue weighted by Gasteiger charge is 2.37. The lowest BCUT2D eigenvalue weighted by atomic mass is 9.69. The molecule has 0 aliphatic heterocycles. The standard InChI is InChI=1S/C25H33N5O/c1-15(5-4-12-26)21-19-13-25(2,3)22-23(29-14-30-24(22)28)18(19)10-11-20(21)31-17-8-6-16(27)7-9-17/h10-11,14-17H,4-9,13,27H2,1-3H3,(H2,28,29,30). The SMILES string of the molecule is CC(CCC#N)c1c(OC2CCC(N)CC2)ccc2c1CC(C)(C)c1c(N)ncnc1-2. The van der Waals surface area contributed by atoms with Gasteiger partial charge in [-0.15, -0.1) is 0 Å². The Morgan fingerprint density at radius 3 is 2.68 bits per heavy atom. The van der Waals surface area contributed by atoms with Crippen LogP contribution in [0.3, 0.4) is 0 Å². The molecule has 1 unspecified atom stereocenters. The minimum atomic E-state index is -0.187. The monoisotopic (exact) mass is 419 g/mol. The van der Waals surface area contributed by atoms with E-state index in [1.807, 2.05) is 0 Å². The van der Waals surface area contributed by atoms with Crippen molar-refractivity contribution in [3.8, 4) is 23.1 Å². The molecule has 6 heteroatoms. The van der Waals surface area contributed by atoms with Gasteiger partial charge in [-0.05, 0) is 67.6 Å². The number of nitrogens with zero attached hydrogens (tertiary/aromatic N) is 3. The lowest BCUT2D eigenvalue weighted by Crippen LogP contribution is -2.32. The number of benzene rings is 1. The quantitative estimate of drug-likeness (QED) is 0.732. The van der Waals surface area contributed by atoms with Crippen LogP contribution in [0.2, 0.25) is 0 Å². The van der Waals surface area contributed by atoms with Gasteiger partial charge >= 0.3 is 0 Å². The largest absolute Gasteiger partial charge is 0.490 e. The molecule has 164 valence electrons. The van der Waals surface area contributed by atoms with Gasteiger partial charge in [0.2, 0.25) is 0 Å². The fourth-order valence-electron chi connectivity index (χ4n) is 5.31. The van der Waals surface area contributed by atoms with Crippen LogP contribution in [0, 0.1) is 11.3 Å². The van der Waals surface area contributed by atoms with Crippen LogP contribution < -0.4 is 16.2 Å². The third-order valence-electron chi connectivity index (χ3n) is 6.94. The van der Waals surface area contributed by atoms with Gasteiger partial charge in [0.15, 0.2) is 0 Å². The average molecular weight is 420 g/mol. The van der Waals surface area contributed by atoms with Crippen LogP contribution in [0.5, 0.6) is 5.75 Å². The summed E-state index contributed by atoms with van der Waals surface area (Å²) in [7, 11) is 0. The molecule has 0 saturated heterocycles. The molecule has 0 spiro atoms. The van der Waals surface area contributed by atoms with Crippen molar-refractivity contribution in [1.82, 2.24) is 9.97 Å². The van der Waals surface area contributed by atoms with Crippen LogP contribution in [0.4, 0.5) is 5.82 Å². The van der Waals surface area contributed by atoms with Gasteiger partial charge in [-0.1, -0.05) is 20.8 Å². The summed E-state index contributed by atoms with van der Waals surface area (Å²) in [6.07, 6.45) is 7.90. The minimum absolute atomic E-state index is 0.187. The maximum absolute atomic E-state index is 9.18. The number of hydrogen-bond acceptors (Lipinski definition) is 6. The summed E-state index contributed by atoms with van der Waals surface area (Å²) in [5, 5.41) is 9.18. The van der Waals surface area contributed by atoms with E-state index in [1.54, 1.807) is 6.33 Å². The molecule has 0 radical (unpaired) electrons. The van der Waals surface area contributed by atoms with Gasteiger partial charge in [0, 0.05) is 29.2 Å². The summed E-state index contributed by atoms with van der Waals surface area (Å²) in [5.41, 5.74) is 17.7. The van der Waals surface area contributed by atoms with Crippen LogP contribution in [0.15, 0.2) is 18.5 Å². The van der Waals surface area contributed by atoms with Crippen molar-refractivity contribution < 1.29 is 4.74 Å². The molecule has 2 aromatic rings. The molecule has 1 aromatic heterocycles. The van der Waals surface area contributed by atoms with E-state index in [1.165, 1.54) is 11.1 Å². The number of anilines is 1. The highest BCUT2D eigenvalue weighted by Crippen LogP contribution is 2.49. The molecule has 1 heterocycles. The summed E-state index contributed by atoms with van der Waals surface area (Å²) in [4.78, 5) is 8.89. The molecular weight excluding hydrogens is 386 g/mol. The molecule has 1 aromatic carbocycles. The molecular formula is C25H33N5O. The molecule has 31 heavy (non-hydrogen) atoms. The molecule has 2 aliphatic rings. The summed E-state index contributed by atoms with van der Waals surface area (Å²) < 4.78 is 6.59. The Balaban J connectivity index is 1.81. The van der Waals surface area contributed by atoms with Gasteiger partial charge in [0.05, 0.1) is 17.9 Å². The van der Waals surface area contributed by atoms with Gasteiger partial charge in [0.25, 0.3) is 0 Å². The van der Waals surface area contributed by atoms with Crippen molar-refractivity contribution in [2.24, 2.45) is 5.73 Å². The summed E-state index contributed by atoms with van der Waals surface area (Å²) in [6, 6.07) is 6.81. The van der Waals surface area contributed by atoms with Crippen molar-refractivity contribution in [1.29, 1.82) is 5.26 Å². The third kappa shape index (κ3) is 4.12. The van der Waals surface area contributed by atoms with E-state index < -0.39 is 0 Å². The first kappa shape index (κ1) is 21.6. The Bertz CT molecular complexity index is 1000. The van der Waals surface area contributed by atoms with Crippen LogP contribution in [-0.2, 0) is 11.8 Å². The van der Waals surface area contributed by atoms with Gasteiger partial charge in [0.1, 0.15) is 17.9 Å². The van der Waals surface area contributed by atoms with E-state index in [0.717, 1.165) is 61.1 Å². The summed E-state index contributed by atoms with van der Waals surface area (Å²) in [6.45, 7) is 6.61. The molecule has 2 aliphatic carbocycles. The van der Waals surface area contributed by atoms with Crippen molar-refractivity contribution in [3.05, 3.63) is 35.2 Å². The molecule has 4 N–H and O–H groups in total. The maximum atomic E-state index is 9.18. The predicted octanol–water partition coefficient (Wildman–Crippen LogP) is 4.62. The number of ether oxygens (including phenoxy) is 1. The van der Waals surface area contributed by atoms with E-state index in [4.69, 9.17) is 16.2 Å². The Morgan fingerprint density at radius 1 is 1.23 bits per heavy atom. The van der Waals surface area contributed by atoms with Crippen LogP contribution in [0.25, 0.3) is 11.3 Å². The van der Waals surface area contributed by atoms with E-state index in [0.29, 0.717) is 18.3 Å². The first-order chi connectivity index (χ1) is 14.8. The predicted molar refractivity (Wildman–Crippen MR) is 123 cm³/mol. The Hall–Kier alpha value is -2.65. The Morgan fingerprint density at radius 2 is 1.97 bits per heavy atom. The third-order valence-corrected chi connectivity index (χ3v) is 6.94. The van der Waals surface area contributed by atoms with Crippen molar-refractivity contribution >= 4 is 5.82 Å². The van der Waals surface area contributed by atoms with Gasteiger partial charge < -0.3 is 16.2 Å². The second-order valence-corrected chi connectivity index (χ2v) is 9.80. The zero-order valence-electron chi connectivity index (χ0n) is 18.8. The number of nitrogen functional groups attached to an aromatic ring is 1. The van der Waals surface area contributed by atoms with E-state index >= 15 is 0 Å². The lowest BCUT2D eigenvalue weighted by Gasteiger charge is -2.37. The summed E-state index contributed by atoms with van der Waals surface area (Å²) >= 11 is 0. The van der Waals surface area contributed by atoms with Gasteiger partial charge in [-0.25, -0.2) is 9.97 Å². The first-order valence-corrected chi connectivity index (χ1v) is 11.4. The number of nitriles is 1. The Kier molecular flexibility index (Phi) is 5.90. The highest BCUT2D eigenvalue weighted by atomic mass is 16.5. The van der Waals surface area contributed by atoms with Crippen LogP contribution >= 0.6 is 0 Å². The van der Waals surface area contributed by atoms with E-state index in [9.17, 15) is 5.26 Å². The van der Waals surface area contributed by atoms with E-state index in [-0.39, 0.29) is 17.4 Å². The average Bonchev–Trinajstić information content (AvgIpc) is 2.73. The topological polar surface area (TPSA) is 111 Å². The van der Waals surface area contributed by atoms with Crippen LogP contribution in [-0.4, -0.2) is 22.1 Å². The van der Waals surface area contributed by atoms with Crippen LogP contribution in [0.1, 0.15) is 81.9 Å². The summed E-state index contributed by atoms with van der Waals surface area (Å²) in [5.74, 6) is 1.72. The smallest absolute Gasteiger partial charge is 0.131 e. The fraction of sp³-hybridized carbons (Fsp3) is 0.560. The maximum Gasteiger partial charge on any atom is 0.131 e. The number of aromatic nitrogens is 2. The lowest BCUT2D eigenvalue weighted by molar-refractivity contribution is 0.145. The van der Waals surface area contributed by atoms with Gasteiger partial charge in [-0.2, -0.15) is 5.26 Å². The van der Waals surface area contributed by atoms with E-state index in [2.05, 4.69) is 48.9 Å². The number of rotatable bonds is 5. The number of nitrogens with two attached hydrogens (primary N) is 2. The zero-order chi connectivity index (χ0) is 22.2. The zero-order valence-corrected chi connectivity index (χ0v) is 18.8. The highest BCUT2D eigenvalue weighted by molar-refractivity contribution is 5.77. The number of hydrogen-bond donors (Lipinski definition) is 2. The minimum Gasteiger partial charge on any atom is -0.490 e. The second-order valence-electron chi connectivity index (χ2n) is 9.80. The fourth-order valence-corrected chi connectivity index (χ4v) is 5.31. The second kappa shape index (κ2) is 8.47. The molecule has 0 amide bonds. The van der Waals surface area contributed by atoms with Crippen molar-refractivity contribution in [2.45, 2.75) is 89.2 Å². The normalized spacial score (nSPS) is 22.7. The molecule has 0 bridgehead atoms. The number of fused-ring (bicyclic) bond motifs is 3. The molecule has 1 atom stereocenters. The van der Waals surface area contributed by atoms with Gasteiger partial charge in [-0.3, -0.25) is 0 Å².